The first kappa shape index (κ1) is 11.7. The third-order valence-electron chi connectivity index (χ3n) is 4.76. The van der Waals surface area contributed by atoms with Gasteiger partial charge in [-0.25, -0.2) is 0 Å². The van der Waals surface area contributed by atoms with Gasteiger partial charge in [0.1, 0.15) is 5.78 Å². The molecule has 3 aliphatic rings. The zero-order chi connectivity index (χ0) is 11.9. The van der Waals surface area contributed by atoms with E-state index in [0.717, 1.165) is 26.0 Å². The summed E-state index contributed by atoms with van der Waals surface area (Å²) in [6.07, 6.45) is 7.65. The maximum Gasteiger partial charge on any atom is 0.136 e. The first-order valence-electron chi connectivity index (χ1n) is 7.08. The number of ketones is 1. The lowest BCUT2D eigenvalue weighted by Gasteiger charge is -2.48. The van der Waals surface area contributed by atoms with Crippen LogP contribution in [-0.2, 0) is 9.53 Å². The van der Waals surface area contributed by atoms with Gasteiger partial charge in [-0.15, -0.1) is 0 Å². The van der Waals surface area contributed by atoms with Crippen molar-refractivity contribution in [3.05, 3.63) is 0 Å². The Balaban J connectivity index is 1.71. The molecule has 0 spiro atoms. The number of carbonyl (C=O) groups is 1. The zero-order valence-electron chi connectivity index (χ0n) is 10.8. The minimum atomic E-state index is 0.0498. The highest BCUT2D eigenvalue weighted by Gasteiger charge is 2.42. The molecular formula is C14H23NO2. The maximum atomic E-state index is 11.7. The van der Waals surface area contributed by atoms with Crippen LogP contribution in [0.4, 0.5) is 0 Å². The lowest BCUT2D eigenvalue weighted by Crippen LogP contribution is -2.56. The Morgan fingerprint density at radius 2 is 2.00 bits per heavy atom. The van der Waals surface area contributed by atoms with Crippen LogP contribution in [-0.4, -0.2) is 41.5 Å². The molecule has 0 aliphatic carbocycles. The van der Waals surface area contributed by atoms with Crippen LogP contribution < -0.4 is 0 Å². The fourth-order valence-electron chi connectivity index (χ4n) is 3.87. The second kappa shape index (κ2) is 4.36. The van der Waals surface area contributed by atoms with E-state index in [-0.39, 0.29) is 5.60 Å². The molecule has 0 aromatic carbocycles. The molecule has 3 saturated heterocycles. The van der Waals surface area contributed by atoms with Gasteiger partial charge in [0.2, 0.25) is 0 Å². The molecule has 0 aromatic heterocycles. The van der Waals surface area contributed by atoms with Crippen molar-refractivity contribution in [1.82, 2.24) is 4.90 Å². The van der Waals surface area contributed by atoms with E-state index >= 15 is 0 Å². The predicted octanol–water partition coefficient (Wildman–Crippen LogP) is 2.14. The molecule has 0 amide bonds. The Hall–Kier alpha value is -0.410. The molecule has 3 heteroatoms. The molecule has 96 valence electrons. The molecular weight excluding hydrogens is 214 g/mol. The highest BCUT2D eigenvalue weighted by atomic mass is 16.5. The molecule has 0 saturated carbocycles. The molecule has 3 fully saturated rings. The lowest BCUT2D eigenvalue weighted by atomic mass is 9.82. The number of nitrogens with zero attached hydrogens (tertiary/aromatic N) is 1. The summed E-state index contributed by atoms with van der Waals surface area (Å²) in [4.78, 5) is 14.3. The molecule has 3 aliphatic heterocycles. The molecule has 2 bridgehead atoms. The Bertz CT molecular complexity index is 293. The van der Waals surface area contributed by atoms with Crippen molar-refractivity contribution in [2.75, 3.05) is 13.2 Å². The summed E-state index contributed by atoms with van der Waals surface area (Å²) >= 11 is 0. The standard InChI is InChI=1S/C14H23NO2/c1-14(6-3-7-17-14)10-15-11-4-2-5-12(15)9-13(16)8-11/h11-12H,2-10H2,1H3. The Morgan fingerprint density at radius 3 is 2.59 bits per heavy atom. The van der Waals surface area contributed by atoms with Gasteiger partial charge in [-0.05, 0) is 32.6 Å². The second-order valence-electron chi connectivity index (χ2n) is 6.26. The van der Waals surface area contributed by atoms with Crippen LogP contribution in [0.5, 0.6) is 0 Å². The van der Waals surface area contributed by atoms with Gasteiger partial charge in [0.25, 0.3) is 0 Å². The van der Waals surface area contributed by atoms with Crippen molar-refractivity contribution >= 4 is 5.78 Å². The van der Waals surface area contributed by atoms with E-state index < -0.39 is 0 Å². The summed E-state index contributed by atoms with van der Waals surface area (Å²) in [5.74, 6) is 0.480. The predicted molar refractivity (Wildman–Crippen MR) is 66.0 cm³/mol. The van der Waals surface area contributed by atoms with E-state index in [1.54, 1.807) is 0 Å². The van der Waals surface area contributed by atoms with Crippen LogP contribution in [0.2, 0.25) is 0 Å². The molecule has 0 radical (unpaired) electrons. The van der Waals surface area contributed by atoms with Gasteiger partial charge in [0.05, 0.1) is 5.60 Å². The minimum absolute atomic E-state index is 0.0498. The van der Waals surface area contributed by atoms with Gasteiger partial charge < -0.3 is 4.74 Å². The van der Waals surface area contributed by atoms with Crippen molar-refractivity contribution in [3.63, 3.8) is 0 Å². The monoisotopic (exact) mass is 237 g/mol. The van der Waals surface area contributed by atoms with Crippen LogP contribution in [0.1, 0.15) is 51.9 Å². The van der Waals surface area contributed by atoms with Crippen LogP contribution in [0.3, 0.4) is 0 Å². The Kier molecular flexibility index (Phi) is 2.99. The molecule has 17 heavy (non-hydrogen) atoms. The van der Waals surface area contributed by atoms with Crippen LogP contribution in [0.25, 0.3) is 0 Å². The topological polar surface area (TPSA) is 29.5 Å². The number of rotatable bonds is 2. The largest absolute Gasteiger partial charge is 0.374 e. The number of hydrogen-bond acceptors (Lipinski definition) is 3. The van der Waals surface area contributed by atoms with Crippen molar-refractivity contribution in [1.29, 1.82) is 0 Å². The van der Waals surface area contributed by atoms with Gasteiger partial charge in [-0.3, -0.25) is 9.69 Å². The van der Waals surface area contributed by atoms with E-state index in [4.69, 9.17) is 4.74 Å². The second-order valence-corrected chi connectivity index (χ2v) is 6.26. The molecule has 3 heterocycles. The number of hydrogen-bond donors (Lipinski definition) is 0. The number of piperidine rings is 2. The third-order valence-corrected chi connectivity index (χ3v) is 4.76. The van der Waals surface area contributed by atoms with Crippen LogP contribution in [0.15, 0.2) is 0 Å². The average Bonchev–Trinajstić information content (AvgIpc) is 2.67. The normalized spacial score (nSPS) is 43.0. The van der Waals surface area contributed by atoms with Crippen molar-refractivity contribution in [2.45, 2.75) is 69.6 Å². The molecule has 0 N–H and O–H groups in total. The fourth-order valence-corrected chi connectivity index (χ4v) is 3.87. The first-order valence-corrected chi connectivity index (χ1v) is 7.08. The first-order chi connectivity index (χ1) is 8.16. The van der Waals surface area contributed by atoms with E-state index in [0.29, 0.717) is 17.9 Å². The van der Waals surface area contributed by atoms with Crippen molar-refractivity contribution < 1.29 is 9.53 Å². The minimum Gasteiger partial charge on any atom is -0.374 e. The summed E-state index contributed by atoms with van der Waals surface area (Å²) in [6, 6.07) is 1.02. The summed E-state index contributed by atoms with van der Waals surface area (Å²) in [5.41, 5.74) is 0.0498. The van der Waals surface area contributed by atoms with E-state index in [1.807, 2.05) is 0 Å². The maximum absolute atomic E-state index is 11.7. The molecule has 3 rings (SSSR count). The highest BCUT2D eigenvalue weighted by Crippen LogP contribution is 2.36. The van der Waals surface area contributed by atoms with Gasteiger partial charge in [-0.2, -0.15) is 0 Å². The van der Waals surface area contributed by atoms with Gasteiger partial charge in [0, 0.05) is 38.1 Å². The van der Waals surface area contributed by atoms with Crippen molar-refractivity contribution in [2.24, 2.45) is 0 Å². The smallest absolute Gasteiger partial charge is 0.136 e. The Morgan fingerprint density at radius 1 is 1.29 bits per heavy atom. The van der Waals surface area contributed by atoms with Gasteiger partial charge >= 0.3 is 0 Å². The summed E-state index contributed by atoms with van der Waals surface area (Å²) < 4.78 is 5.91. The summed E-state index contributed by atoms with van der Waals surface area (Å²) in [5, 5.41) is 0. The lowest BCUT2D eigenvalue weighted by molar-refractivity contribution is -0.130. The average molecular weight is 237 g/mol. The van der Waals surface area contributed by atoms with Crippen LogP contribution >= 0.6 is 0 Å². The molecule has 3 nitrogen and oxygen atoms in total. The third kappa shape index (κ3) is 2.27. The number of fused-ring (bicyclic) bond motifs is 2. The van der Waals surface area contributed by atoms with Gasteiger partial charge in [0.15, 0.2) is 0 Å². The van der Waals surface area contributed by atoms with E-state index in [9.17, 15) is 4.79 Å². The van der Waals surface area contributed by atoms with E-state index in [1.165, 1.54) is 32.1 Å². The number of ether oxygens (including phenoxy) is 1. The number of carbonyl (C=O) groups excluding carboxylic acids is 1. The summed E-state index contributed by atoms with van der Waals surface area (Å²) in [6.45, 7) is 4.19. The van der Waals surface area contributed by atoms with E-state index in [2.05, 4.69) is 11.8 Å². The fraction of sp³-hybridized carbons (Fsp3) is 0.929. The van der Waals surface area contributed by atoms with Gasteiger partial charge in [-0.1, -0.05) is 6.42 Å². The molecule has 0 aromatic rings. The highest BCUT2D eigenvalue weighted by molar-refractivity contribution is 5.80. The number of Topliss-reactive ketones (excluding diaryl/α,β-unsaturated/α-hetero) is 1. The zero-order valence-corrected chi connectivity index (χ0v) is 10.8. The molecule has 3 atom stereocenters. The SMILES string of the molecule is CC1(CN2C3CCCC2CC(=O)C3)CCCO1. The quantitative estimate of drug-likeness (QED) is 0.737. The van der Waals surface area contributed by atoms with Crippen molar-refractivity contribution in [3.8, 4) is 0 Å². The molecule has 3 unspecified atom stereocenters. The Labute approximate surface area is 104 Å². The van der Waals surface area contributed by atoms with Crippen LogP contribution in [0, 0.1) is 0 Å². The summed E-state index contributed by atoms with van der Waals surface area (Å²) in [7, 11) is 0.